The monoisotopic (exact) mass is 428 g/mol. The topological polar surface area (TPSA) is 0 Å². The fourth-order valence-electron chi connectivity index (χ4n) is 0.924. The van der Waals surface area contributed by atoms with Gasteiger partial charge in [-0.25, -0.2) is 0 Å². The molecule has 0 N–H and O–H groups in total. The van der Waals surface area contributed by atoms with E-state index in [1.54, 1.807) is 0 Å². The molecule has 0 saturated carbocycles. The van der Waals surface area contributed by atoms with Gasteiger partial charge in [0.25, 0.3) is 0 Å². The van der Waals surface area contributed by atoms with Gasteiger partial charge in [-0.15, -0.1) is 31.7 Å². The molecule has 0 heterocycles. The molecule has 0 fully saturated rings. The van der Waals surface area contributed by atoms with Crippen molar-refractivity contribution in [2.45, 2.75) is 24.6 Å². The molecule has 18 heavy (non-hydrogen) atoms. The van der Waals surface area contributed by atoms with E-state index in [0.717, 1.165) is 10.8 Å². The minimum absolute atomic E-state index is 0. The third kappa shape index (κ3) is 17.4. The summed E-state index contributed by atoms with van der Waals surface area (Å²) in [7, 11) is 1.31. The molecular formula is C12H35NaP4Ru. The first-order valence-electron chi connectivity index (χ1n) is 5.77. The summed E-state index contributed by atoms with van der Waals surface area (Å²) in [6.45, 7) is 23.7. The van der Waals surface area contributed by atoms with Crippen molar-refractivity contribution in [1.29, 1.82) is 0 Å². The van der Waals surface area contributed by atoms with Crippen LogP contribution < -0.4 is 0 Å². The first kappa shape index (κ1) is 29.4. The van der Waals surface area contributed by atoms with Crippen LogP contribution in [0.4, 0.5) is 0 Å². The van der Waals surface area contributed by atoms with E-state index in [1.807, 2.05) is 0 Å². The van der Waals surface area contributed by atoms with Gasteiger partial charge in [0.2, 0.25) is 0 Å². The Morgan fingerprint density at radius 3 is 0.611 bits per heavy atom. The number of hydrogen-bond donors (Lipinski definition) is 0. The Balaban J connectivity index is -0.0000000980. The van der Waals surface area contributed by atoms with Crippen LogP contribution in [-0.4, -0.2) is 93.7 Å². The maximum absolute atomic E-state index is 2.37. The normalized spacial score (nSPS) is 10.7. The third-order valence-corrected chi connectivity index (χ3v) is 14.5. The van der Waals surface area contributed by atoms with Crippen molar-refractivity contribution in [3.63, 3.8) is 0 Å². The van der Waals surface area contributed by atoms with Gasteiger partial charge < -0.3 is 0 Å². The van der Waals surface area contributed by atoms with Crippen LogP contribution in [0.15, 0.2) is 0 Å². The van der Waals surface area contributed by atoms with E-state index >= 15 is 0 Å². The molecule has 6 heteroatoms. The predicted octanol–water partition coefficient (Wildman–Crippen LogP) is 4.44. The van der Waals surface area contributed by atoms with Crippen LogP contribution >= 0.6 is 31.7 Å². The predicted molar refractivity (Wildman–Crippen MR) is 104 cm³/mol. The Hall–Kier alpha value is 3.34. The van der Waals surface area contributed by atoms with Gasteiger partial charge in [-0.05, 0) is 64.1 Å². The van der Waals surface area contributed by atoms with Gasteiger partial charge in [0, 0.05) is 29.6 Å². The molecule has 0 aromatic carbocycles. The molecule has 0 amide bonds. The van der Waals surface area contributed by atoms with Crippen molar-refractivity contribution >= 4 is 61.2 Å². The van der Waals surface area contributed by atoms with Crippen LogP contribution in [0.2, 0.25) is 0 Å². The summed E-state index contributed by atoms with van der Waals surface area (Å²) in [4.78, 5) is 0. The van der Waals surface area contributed by atoms with E-state index in [2.05, 4.69) is 67.2 Å². The quantitative estimate of drug-likeness (QED) is 0.460. The summed E-state index contributed by atoms with van der Waals surface area (Å²) >= 11 is 0. The van der Waals surface area contributed by atoms with Crippen LogP contribution in [0.25, 0.3) is 0 Å². The molecule has 0 aromatic heterocycles. The molecule has 0 aliphatic carbocycles. The third-order valence-electron chi connectivity index (χ3n) is 2.99. The van der Waals surface area contributed by atoms with E-state index in [1.165, 1.54) is 0 Å². The molecule has 0 aliphatic heterocycles. The second-order valence-corrected chi connectivity index (χ2v) is 16.7. The second-order valence-electron chi connectivity index (χ2n) is 5.12. The fraction of sp³-hybridized carbons (Fsp3) is 1.00. The molecule has 0 aliphatic rings. The zero-order chi connectivity index (χ0) is 13.5. The molecule has 0 aromatic rings. The molecular weight excluding hydrogens is 392 g/mol. The van der Waals surface area contributed by atoms with Gasteiger partial charge in [-0.2, -0.15) is 0 Å². The number of hydrogen-bond acceptors (Lipinski definition) is 0. The summed E-state index contributed by atoms with van der Waals surface area (Å²) in [5, 5.41) is 2.00. The van der Waals surface area contributed by atoms with Crippen LogP contribution in [-0.2, 0) is 19.5 Å². The summed E-state index contributed by atoms with van der Waals surface area (Å²) in [5.74, 6) is 0. The van der Waals surface area contributed by atoms with Gasteiger partial charge >= 0.3 is 19.5 Å². The van der Waals surface area contributed by atoms with Crippen molar-refractivity contribution in [2.75, 3.05) is 53.3 Å². The molecule has 1 radical (unpaired) electrons. The standard InChI is InChI=1S/2C6H16P2.Na.Ru.3H/c2*1-6(7(2)3)8(4)5;;;;;/h2*6H,1-5H3;;;;;. The molecule has 0 unspecified atom stereocenters. The first-order valence-corrected chi connectivity index (χ1v) is 15.0. The Bertz CT molecular complexity index is 132. The summed E-state index contributed by atoms with van der Waals surface area (Å²) in [6.07, 6.45) is 0. The van der Waals surface area contributed by atoms with E-state index in [4.69, 9.17) is 0 Å². The van der Waals surface area contributed by atoms with E-state index in [0.29, 0.717) is 31.7 Å². The van der Waals surface area contributed by atoms with E-state index < -0.39 is 0 Å². The molecule has 0 spiro atoms. The molecule has 0 saturated heterocycles. The minimum atomic E-state index is 0. The molecule has 0 atom stereocenters. The fourth-order valence-corrected chi connectivity index (χ4v) is 8.31. The van der Waals surface area contributed by atoms with Crippen molar-refractivity contribution in [3.8, 4) is 0 Å². The van der Waals surface area contributed by atoms with Crippen molar-refractivity contribution < 1.29 is 19.5 Å². The zero-order valence-corrected chi connectivity index (χ0v) is 22.2. The van der Waals surface area contributed by atoms with Crippen LogP contribution in [0.1, 0.15) is 13.8 Å². The Morgan fingerprint density at radius 1 is 0.500 bits per heavy atom. The van der Waals surface area contributed by atoms with Gasteiger partial charge in [0.1, 0.15) is 0 Å². The van der Waals surface area contributed by atoms with Gasteiger partial charge in [-0.3, -0.25) is 0 Å². The molecule has 0 rings (SSSR count). The van der Waals surface area contributed by atoms with E-state index in [-0.39, 0.29) is 49.0 Å². The Kier molecular flexibility index (Phi) is 27.3. The van der Waals surface area contributed by atoms with Gasteiger partial charge in [0.05, 0.1) is 0 Å². The van der Waals surface area contributed by atoms with Crippen molar-refractivity contribution in [2.24, 2.45) is 0 Å². The van der Waals surface area contributed by atoms with E-state index in [9.17, 15) is 0 Å². The van der Waals surface area contributed by atoms with Crippen molar-refractivity contribution in [3.05, 3.63) is 0 Å². The van der Waals surface area contributed by atoms with Gasteiger partial charge in [-0.1, -0.05) is 13.8 Å². The van der Waals surface area contributed by atoms with Gasteiger partial charge in [0.15, 0.2) is 0 Å². The average molecular weight is 427 g/mol. The first-order chi connectivity index (χ1) is 7.11. The summed E-state index contributed by atoms with van der Waals surface area (Å²) in [6, 6.07) is 0. The van der Waals surface area contributed by atoms with Crippen LogP contribution in [0.5, 0.6) is 0 Å². The Morgan fingerprint density at radius 2 is 0.611 bits per heavy atom. The summed E-state index contributed by atoms with van der Waals surface area (Å²) in [5.41, 5.74) is 0. The average Bonchev–Trinajstić information content (AvgIpc) is 2.15. The van der Waals surface area contributed by atoms with Crippen molar-refractivity contribution in [1.82, 2.24) is 0 Å². The Labute approximate surface area is 157 Å². The molecule has 0 nitrogen and oxygen atoms in total. The molecule has 112 valence electrons. The summed E-state index contributed by atoms with van der Waals surface area (Å²) < 4.78 is 0. The maximum atomic E-state index is 2.37. The number of rotatable bonds is 4. The van der Waals surface area contributed by atoms with Crippen LogP contribution in [0.3, 0.4) is 0 Å². The molecule has 0 bridgehead atoms. The zero-order valence-electron chi connectivity index (χ0n) is 14.4. The SMILES string of the molecule is CC(P(C)C)P(C)C.CC(P(C)C)P(C)C.[Na].[RuH3]. The van der Waals surface area contributed by atoms with Crippen LogP contribution in [0, 0.1) is 0 Å². The second kappa shape index (κ2) is 16.7.